The minimum absolute atomic E-state index is 0.179. The molecule has 2 heterocycles. The topological polar surface area (TPSA) is 29.3 Å². The van der Waals surface area contributed by atoms with Crippen molar-refractivity contribution in [1.29, 1.82) is 0 Å². The van der Waals surface area contributed by atoms with Gasteiger partial charge in [-0.2, -0.15) is 0 Å². The molecule has 0 aliphatic carbocycles. The number of aromatic nitrogens is 1. The Kier molecular flexibility index (Phi) is 4.13. The lowest BCUT2D eigenvalue weighted by Gasteiger charge is -2.23. The summed E-state index contributed by atoms with van der Waals surface area (Å²) < 4.78 is 19.4. The molecule has 0 bridgehead atoms. The summed E-state index contributed by atoms with van der Waals surface area (Å²) in [5, 5.41) is 0. The highest BCUT2D eigenvalue weighted by molar-refractivity contribution is 5.55. The molecular weight excluding hydrogens is 303 g/mol. The van der Waals surface area contributed by atoms with Crippen molar-refractivity contribution in [3.05, 3.63) is 78.1 Å². The Morgan fingerprint density at radius 1 is 1.12 bits per heavy atom. The maximum atomic E-state index is 13.5. The fourth-order valence-electron chi connectivity index (χ4n) is 3.40. The van der Waals surface area contributed by atoms with Crippen molar-refractivity contribution in [2.24, 2.45) is 0 Å². The van der Waals surface area contributed by atoms with E-state index in [9.17, 15) is 4.39 Å². The maximum Gasteiger partial charge on any atom is 0.209 e. The Bertz CT molecular complexity index is 815. The van der Waals surface area contributed by atoms with Gasteiger partial charge in [-0.25, -0.2) is 9.37 Å². The van der Waals surface area contributed by atoms with Gasteiger partial charge in [-0.05, 0) is 37.1 Å². The second-order valence-corrected chi connectivity index (χ2v) is 6.17. The van der Waals surface area contributed by atoms with Crippen LogP contribution < -0.4 is 0 Å². The van der Waals surface area contributed by atoms with E-state index in [0.29, 0.717) is 12.4 Å². The van der Waals surface area contributed by atoms with Gasteiger partial charge in [0.1, 0.15) is 5.82 Å². The molecule has 1 aliphatic heterocycles. The summed E-state index contributed by atoms with van der Waals surface area (Å²) in [5.41, 5.74) is 2.06. The molecule has 1 fully saturated rings. The van der Waals surface area contributed by atoms with E-state index in [4.69, 9.17) is 4.42 Å². The molecular formula is C20H19FN2O. The maximum absolute atomic E-state index is 13.5. The van der Waals surface area contributed by atoms with Crippen LogP contribution in [0.15, 0.2) is 65.2 Å². The lowest BCUT2D eigenvalue weighted by molar-refractivity contribution is 0.224. The lowest BCUT2D eigenvalue weighted by atomic mass is 10.0. The predicted octanol–water partition coefficient (Wildman–Crippen LogP) is 4.82. The van der Waals surface area contributed by atoms with Gasteiger partial charge < -0.3 is 4.42 Å². The van der Waals surface area contributed by atoms with Gasteiger partial charge >= 0.3 is 0 Å². The van der Waals surface area contributed by atoms with Crippen molar-refractivity contribution >= 4 is 0 Å². The number of nitrogens with zero attached hydrogens (tertiary/aromatic N) is 2. The Morgan fingerprint density at radius 2 is 2.00 bits per heavy atom. The van der Waals surface area contributed by atoms with Gasteiger partial charge in [-0.15, -0.1) is 0 Å². The SMILES string of the molecule is Fc1cccc([C@@H]2CCCN2Cc2ncc(-c3ccccc3)o2)c1. The molecule has 4 heteroatoms. The van der Waals surface area contributed by atoms with Gasteiger partial charge in [0.15, 0.2) is 5.76 Å². The van der Waals surface area contributed by atoms with Crippen LogP contribution in [0.4, 0.5) is 4.39 Å². The van der Waals surface area contributed by atoms with Gasteiger partial charge in [0.25, 0.3) is 0 Å². The van der Waals surface area contributed by atoms with Crippen molar-refractivity contribution in [2.45, 2.75) is 25.4 Å². The van der Waals surface area contributed by atoms with Crippen LogP contribution in [0.5, 0.6) is 0 Å². The molecule has 3 nitrogen and oxygen atoms in total. The van der Waals surface area contributed by atoms with Gasteiger partial charge in [-0.1, -0.05) is 42.5 Å². The first kappa shape index (κ1) is 15.1. The van der Waals surface area contributed by atoms with Crippen molar-refractivity contribution in [2.75, 3.05) is 6.54 Å². The number of likely N-dealkylation sites (tertiary alicyclic amines) is 1. The molecule has 0 spiro atoms. The molecule has 1 atom stereocenters. The molecule has 4 rings (SSSR count). The van der Waals surface area contributed by atoms with Crippen LogP contribution in [0.1, 0.15) is 30.3 Å². The van der Waals surface area contributed by atoms with Gasteiger partial charge in [0.2, 0.25) is 5.89 Å². The molecule has 0 amide bonds. The zero-order chi connectivity index (χ0) is 16.4. The molecule has 24 heavy (non-hydrogen) atoms. The van der Waals surface area contributed by atoms with E-state index in [1.807, 2.05) is 36.4 Å². The summed E-state index contributed by atoms with van der Waals surface area (Å²) in [4.78, 5) is 6.73. The minimum atomic E-state index is -0.179. The summed E-state index contributed by atoms with van der Waals surface area (Å²) in [6.07, 6.45) is 3.92. The molecule has 122 valence electrons. The molecule has 2 aromatic carbocycles. The first-order valence-electron chi connectivity index (χ1n) is 8.29. The summed E-state index contributed by atoms with van der Waals surface area (Å²) in [6.45, 7) is 1.62. The highest BCUT2D eigenvalue weighted by atomic mass is 19.1. The van der Waals surface area contributed by atoms with Gasteiger partial charge in [0, 0.05) is 11.6 Å². The zero-order valence-electron chi connectivity index (χ0n) is 13.4. The Balaban J connectivity index is 1.51. The van der Waals surface area contributed by atoms with Crippen LogP contribution >= 0.6 is 0 Å². The van der Waals surface area contributed by atoms with Crippen molar-refractivity contribution in [3.63, 3.8) is 0 Å². The highest BCUT2D eigenvalue weighted by Gasteiger charge is 2.27. The second kappa shape index (κ2) is 6.57. The highest BCUT2D eigenvalue weighted by Crippen LogP contribution is 2.33. The molecule has 0 radical (unpaired) electrons. The molecule has 0 N–H and O–H groups in total. The lowest BCUT2D eigenvalue weighted by Crippen LogP contribution is -2.23. The van der Waals surface area contributed by atoms with Crippen molar-refractivity contribution in [3.8, 4) is 11.3 Å². The fourth-order valence-corrected chi connectivity index (χ4v) is 3.40. The van der Waals surface area contributed by atoms with Crippen LogP contribution in [0.2, 0.25) is 0 Å². The molecule has 1 aromatic heterocycles. The first-order valence-corrected chi connectivity index (χ1v) is 8.29. The van der Waals surface area contributed by atoms with Crippen LogP contribution in [0.3, 0.4) is 0 Å². The standard InChI is InChI=1S/C20H19FN2O/c21-17-9-4-8-16(12-17)18-10-5-11-23(18)14-20-22-13-19(24-20)15-6-2-1-3-7-15/h1-4,6-9,12-13,18H,5,10-11,14H2/t18-/m0/s1. The van der Waals surface area contributed by atoms with Crippen molar-refractivity contribution in [1.82, 2.24) is 9.88 Å². The summed E-state index contributed by atoms with van der Waals surface area (Å²) in [7, 11) is 0. The van der Waals surface area contributed by atoms with E-state index in [1.165, 1.54) is 6.07 Å². The fraction of sp³-hybridized carbons (Fsp3) is 0.250. The van der Waals surface area contributed by atoms with E-state index >= 15 is 0 Å². The van der Waals surface area contributed by atoms with Crippen LogP contribution in [-0.4, -0.2) is 16.4 Å². The molecule has 3 aromatic rings. The number of rotatable bonds is 4. The number of oxazole rings is 1. The first-order chi connectivity index (χ1) is 11.8. The van der Waals surface area contributed by atoms with Crippen molar-refractivity contribution < 1.29 is 8.81 Å². The predicted molar refractivity (Wildman–Crippen MR) is 90.7 cm³/mol. The third kappa shape index (κ3) is 3.10. The Morgan fingerprint density at radius 3 is 2.83 bits per heavy atom. The third-order valence-corrected chi connectivity index (χ3v) is 4.55. The number of hydrogen-bond donors (Lipinski definition) is 0. The largest absolute Gasteiger partial charge is 0.439 e. The van der Waals surface area contributed by atoms with E-state index in [1.54, 1.807) is 18.3 Å². The van der Waals surface area contributed by atoms with Crippen LogP contribution in [-0.2, 0) is 6.54 Å². The average Bonchev–Trinajstić information content (AvgIpc) is 3.26. The van der Waals surface area contributed by atoms with E-state index in [0.717, 1.165) is 36.3 Å². The third-order valence-electron chi connectivity index (χ3n) is 4.55. The smallest absolute Gasteiger partial charge is 0.209 e. The second-order valence-electron chi connectivity index (χ2n) is 6.17. The monoisotopic (exact) mass is 322 g/mol. The van der Waals surface area contributed by atoms with E-state index < -0.39 is 0 Å². The van der Waals surface area contributed by atoms with Gasteiger partial charge in [-0.3, -0.25) is 4.90 Å². The average molecular weight is 322 g/mol. The summed E-state index contributed by atoms with van der Waals surface area (Å²) in [6, 6.07) is 17.1. The van der Waals surface area contributed by atoms with E-state index in [-0.39, 0.29) is 11.9 Å². The Hall–Kier alpha value is -2.46. The molecule has 0 unspecified atom stereocenters. The van der Waals surface area contributed by atoms with Crippen LogP contribution in [0.25, 0.3) is 11.3 Å². The number of hydrogen-bond acceptors (Lipinski definition) is 3. The number of benzene rings is 2. The molecule has 1 aliphatic rings. The van der Waals surface area contributed by atoms with Gasteiger partial charge in [0.05, 0.1) is 12.7 Å². The Labute approximate surface area is 140 Å². The number of halogens is 1. The molecule has 0 saturated carbocycles. The molecule has 1 saturated heterocycles. The summed E-state index contributed by atoms with van der Waals surface area (Å²) in [5.74, 6) is 1.31. The van der Waals surface area contributed by atoms with Crippen LogP contribution in [0, 0.1) is 5.82 Å². The van der Waals surface area contributed by atoms with E-state index in [2.05, 4.69) is 9.88 Å². The minimum Gasteiger partial charge on any atom is -0.439 e. The normalized spacial score (nSPS) is 18.1. The quantitative estimate of drug-likeness (QED) is 0.690. The zero-order valence-corrected chi connectivity index (χ0v) is 13.4. The summed E-state index contributed by atoms with van der Waals surface area (Å²) >= 11 is 0.